The van der Waals surface area contributed by atoms with Crippen LogP contribution in [0.4, 0.5) is 17.6 Å². The molecule has 1 aliphatic rings. The minimum absolute atomic E-state index is 0.0863. The van der Waals surface area contributed by atoms with E-state index in [2.05, 4.69) is 5.73 Å². The number of alkyl halides is 3. The predicted octanol–water partition coefficient (Wildman–Crippen LogP) is 5.06. The van der Waals surface area contributed by atoms with Gasteiger partial charge in [0.25, 0.3) is 0 Å². The first-order chi connectivity index (χ1) is 11.4. The van der Waals surface area contributed by atoms with Crippen LogP contribution in [0.3, 0.4) is 0 Å². The molecule has 0 saturated carbocycles. The average molecular weight is 362 g/mol. The molecule has 0 spiro atoms. The van der Waals surface area contributed by atoms with Crippen molar-refractivity contribution in [1.29, 1.82) is 0 Å². The van der Waals surface area contributed by atoms with E-state index in [1.54, 1.807) is 0 Å². The monoisotopic (exact) mass is 361 g/mol. The molecule has 0 aromatic heterocycles. The van der Waals surface area contributed by atoms with Crippen LogP contribution in [0.25, 0.3) is 11.1 Å². The molecule has 2 nitrogen and oxygen atoms in total. The number of benzene rings is 2. The molecule has 3 rings (SSSR count). The third kappa shape index (κ3) is 3.82. The van der Waals surface area contributed by atoms with Gasteiger partial charge in [0.15, 0.2) is 0 Å². The summed E-state index contributed by atoms with van der Waals surface area (Å²) in [7, 11) is 1.50. The molecule has 0 unspecified atom stereocenters. The molecule has 0 radical (unpaired) electrons. The summed E-state index contributed by atoms with van der Waals surface area (Å²) in [6.45, 7) is 0.490. The first-order valence-corrected chi connectivity index (χ1v) is 7.64. The molecular formula is C17H16ClF4NO. The van der Waals surface area contributed by atoms with Crippen molar-refractivity contribution in [2.75, 3.05) is 13.7 Å². The maximum absolute atomic E-state index is 13.8. The summed E-state index contributed by atoms with van der Waals surface area (Å²) in [6.07, 6.45) is -3.03. The Morgan fingerprint density at radius 1 is 1.08 bits per heavy atom. The van der Waals surface area contributed by atoms with Gasteiger partial charge in [0.05, 0.1) is 12.2 Å². The fourth-order valence-corrected chi connectivity index (χ4v) is 2.84. The summed E-state index contributed by atoms with van der Waals surface area (Å²) < 4.78 is 57.4. The van der Waals surface area contributed by atoms with Crippen LogP contribution in [0.2, 0.25) is 5.02 Å². The van der Waals surface area contributed by atoms with Crippen molar-refractivity contribution in [3.8, 4) is 16.9 Å². The predicted molar refractivity (Wildman–Crippen MR) is 85.8 cm³/mol. The molecule has 130 valence electrons. The van der Waals surface area contributed by atoms with Crippen LogP contribution in [0.1, 0.15) is 17.5 Å². The molecule has 0 atom stereocenters. The number of nitrogens with two attached hydrogens (primary N) is 1. The second-order valence-corrected chi connectivity index (χ2v) is 5.49. The number of aryl methyl sites for hydroxylation is 1. The zero-order valence-corrected chi connectivity index (χ0v) is 13.6. The Hall–Kier alpha value is -1.79. The molecule has 0 aliphatic carbocycles. The Kier molecular flexibility index (Phi) is 5.72. The molecular weight excluding hydrogens is 346 g/mol. The second-order valence-electron chi connectivity index (χ2n) is 5.09. The number of hydrogen-bond donors (Lipinski definition) is 1. The zero-order valence-electron chi connectivity index (χ0n) is 12.9. The number of hydrogen-bond acceptors (Lipinski definition) is 2. The van der Waals surface area contributed by atoms with Crippen molar-refractivity contribution in [2.45, 2.75) is 19.0 Å². The van der Waals surface area contributed by atoms with Gasteiger partial charge in [-0.15, -0.1) is 0 Å². The summed E-state index contributed by atoms with van der Waals surface area (Å²) in [4.78, 5) is 0. The molecule has 7 heteroatoms. The molecule has 1 heterocycles. The first-order valence-electron chi connectivity index (χ1n) is 7.26. The van der Waals surface area contributed by atoms with Gasteiger partial charge < -0.3 is 10.5 Å². The normalized spacial score (nSPS) is 13.5. The summed E-state index contributed by atoms with van der Waals surface area (Å²) in [5.41, 5.74) is 5.07. The standard InChI is InChI=1S/C16H11ClF4O.CH5N/c17-14-7-10(16(19,20)21)3-4-12(14)13-8-11(18)6-9-2-1-5-22-15(9)13;1-2/h3-4,6-8H,1-2,5H2;2H2,1H3. The minimum Gasteiger partial charge on any atom is -0.493 e. The molecule has 24 heavy (non-hydrogen) atoms. The van der Waals surface area contributed by atoms with E-state index in [4.69, 9.17) is 16.3 Å². The summed E-state index contributed by atoms with van der Waals surface area (Å²) in [5, 5.41) is -0.0863. The fraction of sp³-hybridized carbons (Fsp3) is 0.294. The highest BCUT2D eigenvalue weighted by molar-refractivity contribution is 6.33. The Bertz CT molecular complexity index is 731. The second kappa shape index (κ2) is 7.40. The highest BCUT2D eigenvalue weighted by atomic mass is 35.5. The van der Waals surface area contributed by atoms with Gasteiger partial charge in [-0.2, -0.15) is 13.2 Å². The molecule has 0 bridgehead atoms. The van der Waals surface area contributed by atoms with Gasteiger partial charge in [-0.1, -0.05) is 17.7 Å². The van der Waals surface area contributed by atoms with Crippen LogP contribution in [-0.2, 0) is 12.6 Å². The fourth-order valence-electron chi connectivity index (χ4n) is 2.55. The third-order valence-electron chi connectivity index (χ3n) is 3.55. The maximum atomic E-state index is 13.8. The van der Waals surface area contributed by atoms with Crippen molar-refractivity contribution < 1.29 is 22.3 Å². The number of ether oxygens (including phenoxy) is 1. The van der Waals surface area contributed by atoms with E-state index in [1.807, 2.05) is 0 Å². The lowest BCUT2D eigenvalue weighted by Crippen LogP contribution is -2.10. The molecule has 2 aromatic carbocycles. The van der Waals surface area contributed by atoms with Crippen LogP contribution in [0.5, 0.6) is 5.75 Å². The van der Waals surface area contributed by atoms with E-state index >= 15 is 0 Å². The Labute approximate surface area is 142 Å². The van der Waals surface area contributed by atoms with E-state index in [0.29, 0.717) is 35.5 Å². The maximum Gasteiger partial charge on any atom is 0.416 e. The quantitative estimate of drug-likeness (QED) is 0.720. The lowest BCUT2D eigenvalue weighted by molar-refractivity contribution is -0.137. The van der Waals surface area contributed by atoms with Crippen molar-refractivity contribution in [2.24, 2.45) is 5.73 Å². The highest BCUT2D eigenvalue weighted by Crippen LogP contribution is 2.42. The summed E-state index contributed by atoms with van der Waals surface area (Å²) in [6, 6.07) is 5.64. The molecule has 0 amide bonds. The lowest BCUT2D eigenvalue weighted by Gasteiger charge is -2.21. The Morgan fingerprint density at radius 3 is 2.42 bits per heavy atom. The van der Waals surface area contributed by atoms with Gasteiger partial charge in [-0.05, 0) is 49.7 Å². The summed E-state index contributed by atoms with van der Waals surface area (Å²) in [5.74, 6) is 0.0320. The van der Waals surface area contributed by atoms with Crippen molar-refractivity contribution >= 4 is 11.6 Å². The largest absolute Gasteiger partial charge is 0.493 e. The van der Waals surface area contributed by atoms with Gasteiger partial charge in [0.2, 0.25) is 0 Å². The van der Waals surface area contributed by atoms with Gasteiger partial charge in [0.1, 0.15) is 11.6 Å². The van der Waals surface area contributed by atoms with Gasteiger partial charge in [-0.3, -0.25) is 0 Å². The van der Waals surface area contributed by atoms with E-state index in [1.165, 1.54) is 25.2 Å². The molecule has 0 saturated heterocycles. The van der Waals surface area contributed by atoms with Crippen LogP contribution < -0.4 is 10.5 Å². The number of fused-ring (bicyclic) bond motifs is 1. The lowest BCUT2D eigenvalue weighted by atomic mass is 9.96. The SMILES string of the molecule is CN.Fc1cc2c(c(-c3ccc(C(F)(F)F)cc3Cl)c1)OCCC2. The zero-order chi connectivity index (χ0) is 17.9. The van der Waals surface area contributed by atoms with Crippen molar-refractivity contribution in [1.82, 2.24) is 0 Å². The topological polar surface area (TPSA) is 35.2 Å². The van der Waals surface area contributed by atoms with Crippen LogP contribution in [0, 0.1) is 5.82 Å². The Morgan fingerprint density at radius 2 is 1.79 bits per heavy atom. The molecule has 0 fully saturated rings. The van der Waals surface area contributed by atoms with Crippen molar-refractivity contribution in [3.63, 3.8) is 0 Å². The van der Waals surface area contributed by atoms with E-state index in [-0.39, 0.29) is 5.02 Å². The number of rotatable bonds is 1. The van der Waals surface area contributed by atoms with Crippen LogP contribution in [0.15, 0.2) is 30.3 Å². The number of halogens is 5. The van der Waals surface area contributed by atoms with Gasteiger partial charge in [-0.25, -0.2) is 4.39 Å². The average Bonchev–Trinajstić information content (AvgIpc) is 2.55. The smallest absolute Gasteiger partial charge is 0.416 e. The van der Waals surface area contributed by atoms with Crippen LogP contribution >= 0.6 is 11.6 Å². The van der Waals surface area contributed by atoms with E-state index < -0.39 is 17.6 Å². The Balaban J connectivity index is 0.00000100. The first kappa shape index (κ1) is 18.5. The molecule has 1 aliphatic heterocycles. The summed E-state index contributed by atoms with van der Waals surface area (Å²) >= 11 is 5.99. The van der Waals surface area contributed by atoms with E-state index in [9.17, 15) is 17.6 Å². The van der Waals surface area contributed by atoms with E-state index in [0.717, 1.165) is 18.6 Å². The molecule has 2 N–H and O–H groups in total. The third-order valence-corrected chi connectivity index (χ3v) is 3.87. The van der Waals surface area contributed by atoms with Gasteiger partial charge in [0, 0.05) is 16.1 Å². The minimum atomic E-state index is -4.47. The van der Waals surface area contributed by atoms with Crippen LogP contribution in [-0.4, -0.2) is 13.7 Å². The molecule has 2 aromatic rings. The highest BCUT2D eigenvalue weighted by Gasteiger charge is 2.31. The van der Waals surface area contributed by atoms with Crippen molar-refractivity contribution in [3.05, 3.63) is 52.3 Å². The van der Waals surface area contributed by atoms with Gasteiger partial charge >= 0.3 is 6.18 Å².